The van der Waals surface area contributed by atoms with Crippen LogP contribution in [0.25, 0.3) is 65.7 Å². The fourth-order valence-electron chi connectivity index (χ4n) is 5.81. The topological polar surface area (TPSA) is 211 Å². The van der Waals surface area contributed by atoms with Crippen molar-refractivity contribution in [3.05, 3.63) is 81.4 Å². The predicted octanol–water partition coefficient (Wildman–Crippen LogP) is 0.0684. The van der Waals surface area contributed by atoms with Gasteiger partial charge < -0.3 is 0 Å². The van der Waals surface area contributed by atoms with E-state index in [0.717, 1.165) is 0 Å². The Bertz CT molecular complexity index is 2650. The first kappa shape index (κ1) is 24.9. The van der Waals surface area contributed by atoms with Crippen LogP contribution < -0.4 is 22.9 Å². The molecule has 0 spiro atoms. The summed E-state index contributed by atoms with van der Waals surface area (Å²) < 4.78 is 60.4. The van der Waals surface area contributed by atoms with Gasteiger partial charge >= 0.3 is 20.2 Å². The molecule has 8 rings (SSSR count). The number of imidazole rings is 2. The maximum Gasteiger partial charge on any atom is 0.342 e. The molecule has 208 valence electrons. The molecule has 0 radical (unpaired) electrons. The van der Waals surface area contributed by atoms with Gasteiger partial charge in [-0.05, 0) is 60.7 Å². The van der Waals surface area contributed by atoms with E-state index in [1.807, 2.05) is 0 Å². The molecule has 8 aromatic rings. The van der Waals surface area contributed by atoms with Crippen molar-refractivity contribution >= 4 is 85.9 Å². The summed E-state index contributed by atoms with van der Waals surface area (Å²) in [5.41, 5.74) is 1.06. The highest BCUT2D eigenvalue weighted by atomic mass is 32.2. The van der Waals surface area contributed by atoms with Crippen LogP contribution in [0.15, 0.2) is 80.0 Å². The molecule has 4 aromatic carbocycles. The van der Waals surface area contributed by atoms with Gasteiger partial charge in [0.25, 0.3) is 11.1 Å². The van der Waals surface area contributed by atoms with Gasteiger partial charge in [0, 0.05) is 32.3 Å². The van der Waals surface area contributed by atoms with Crippen LogP contribution in [0.5, 0.6) is 0 Å². The average molecular weight is 605 g/mol. The van der Waals surface area contributed by atoms with Crippen molar-refractivity contribution in [1.82, 2.24) is 18.8 Å². The van der Waals surface area contributed by atoms with E-state index in [-0.39, 0.29) is 32.1 Å². The SMILES string of the molecule is [NH3+]OS(=O)(=O)c1ccc2c(c1)nc1c3ccc4c(=O)n5c6ccc(S(=O)(=O)O[NH3+])cc6nc5c5ccc(c(=O)n21)c3c45. The summed E-state index contributed by atoms with van der Waals surface area (Å²) in [7, 11) is -8.20. The van der Waals surface area contributed by atoms with E-state index in [1.165, 1.54) is 45.2 Å². The third-order valence-electron chi connectivity index (χ3n) is 7.65. The van der Waals surface area contributed by atoms with E-state index in [9.17, 15) is 26.4 Å². The molecule has 0 amide bonds. The standard InChI is InChI=1S/C26H16N6O8S2/c27-39-41(35,36)11-1-7-19-17(9-11)29-23-13-3-6-16-22-14(4-5-15(21(13)22)25(33)31(19)23)24-30-18-10-12(42(37,38)40-28)2-8-20(18)32(24)26(16)34/h1-10H,27-28H3/q+2. The van der Waals surface area contributed by atoms with Gasteiger partial charge in [-0.25, -0.2) is 9.97 Å². The molecular weight excluding hydrogens is 588 g/mol. The van der Waals surface area contributed by atoms with Crippen LogP contribution in [0.2, 0.25) is 0 Å². The molecule has 0 fully saturated rings. The summed E-state index contributed by atoms with van der Waals surface area (Å²) in [5, 5.41) is 2.80. The zero-order chi connectivity index (χ0) is 29.3. The normalized spacial score (nSPS) is 13.3. The van der Waals surface area contributed by atoms with Gasteiger partial charge in [0.2, 0.25) is 0 Å². The number of hydrogen-bond donors (Lipinski definition) is 2. The van der Waals surface area contributed by atoms with Gasteiger partial charge in [0.05, 0.1) is 22.1 Å². The summed E-state index contributed by atoms with van der Waals surface area (Å²) >= 11 is 0. The Balaban J connectivity index is 1.53. The third-order valence-corrected chi connectivity index (χ3v) is 9.93. The van der Waals surface area contributed by atoms with Crippen molar-refractivity contribution in [2.24, 2.45) is 0 Å². The number of benzene rings is 4. The number of hydrogen-bond acceptors (Lipinski definition) is 10. The van der Waals surface area contributed by atoms with Crippen molar-refractivity contribution in [2.75, 3.05) is 0 Å². The lowest BCUT2D eigenvalue weighted by molar-refractivity contribution is -0.635. The predicted molar refractivity (Wildman–Crippen MR) is 149 cm³/mol. The number of pyridine rings is 2. The third kappa shape index (κ3) is 2.99. The molecule has 4 heterocycles. The summed E-state index contributed by atoms with van der Waals surface area (Å²) in [6.07, 6.45) is 0. The minimum atomic E-state index is -4.10. The van der Waals surface area contributed by atoms with Crippen LogP contribution in [-0.4, -0.2) is 35.6 Å². The molecular formula is C26H16N6O8S2+2. The van der Waals surface area contributed by atoms with Crippen molar-refractivity contribution in [2.45, 2.75) is 9.79 Å². The minimum Gasteiger partial charge on any atom is -0.268 e. The highest BCUT2D eigenvalue weighted by Crippen LogP contribution is 2.37. The van der Waals surface area contributed by atoms with Crippen LogP contribution in [0.4, 0.5) is 0 Å². The smallest absolute Gasteiger partial charge is 0.268 e. The van der Waals surface area contributed by atoms with Gasteiger partial charge in [0.15, 0.2) is 0 Å². The first-order valence-electron chi connectivity index (χ1n) is 12.2. The van der Waals surface area contributed by atoms with Crippen LogP contribution >= 0.6 is 0 Å². The molecule has 0 bridgehead atoms. The highest BCUT2D eigenvalue weighted by molar-refractivity contribution is 7.86. The van der Waals surface area contributed by atoms with Gasteiger partial charge in [0.1, 0.15) is 21.1 Å². The molecule has 0 aliphatic carbocycles. The molecule has 0 aliphatic heterocycles. The Morgan fingerprint density at radius 2 is 0.952 bits per heavy atom. The summed E-state index contributed by atoms with van der Waals surface area (Å²) in [4.78, 5) is 36.6. The molecule has 42 heavy (non-hydrogen) atoms. The number of quaternary nitrogens is 2. The molecule has 0 saturated carbocycles. The zero-order valence-electron chi connectivity index (χ0n) is 21.1. The number of rotatable bonds is 4. The Morgan fingerprint density at radius 3 is 1.33 bits per heavy atom. The summed E-state index contributed by atoms with van der Waals surface area (Å²) in [6, 6.07) is 14.9. The lowest BCUT2D eigenvalue weighted by Crippen LogP contribution is -2.51. The Morgan fingerprint density at radius 1 is 0.571 bits per heavy atom. The van der Waals surface area contributed by atoms with E-state index in [4.69, 9.17) is 0 Å². The molecule has 0 atom stereocenters. The largest absolute Gasteiger partial charge is 0.342 e. The van der Waals surface area contributed by atoms with Crippen LogP contribution in [-0.2, 0) is 28.8 Å². The molecule has 4 aromatic heterocycles. The number of nitrogens with zero attached hydrogens (tertiary/aromatic N) is 4. The Kier molecular flexibility index (Phi) is 4.69. The number of fused-ring (bicyclic) bond motifs is 8. The summed E-state index contributed by atoms with van der Waals surface area (Å²) in [5.74, 6) is 5.98. The van der Waals surface area contributed by atoms with Gasteiger partial charge in [-0.2, -0.15) is 28.6 Å². The van der Waals surface area contributed by atoms with Gasteiger partial charge in [-0.1, -0.05) is 8.57 Å². The second-order valence-electron chi connectivity index (χ2n) is 9.67. The minimum absolute atomic E-state index is 0.162. The van der Waals surface area contributed by atoms with E-state index in [1.54, 1.807) is 24.3 Å². The van der Waals surface area contributed by atoms with E-state index < -0.39 is 31.4 Å². The van der Waals surface area contributed by atoms with Crippen molar-refractivity contribution in [3.8, 4) is 0 Å². The van der Waals surface area contributed by atoms with Crippen molar-refractivity contribution in [3.63, 3.8) is 0 Å². The monoisotopic (exact) mass is 604 g/mol. The average Bonchev–Trinajstić information content (AvgIpc) is 3.57. The van der Waals surface area contributed by atoms with Crippen LogP contribution in [0, 0.1) is 0 Å². The van der Waals surface area contributed by atoms with E-state index >= 15 is 0 Å². The van der Waals surface area contributed by atoms with Gasteiger partial charge in [-0.3, -0.25) is 18.4 Å². The maximum atomic E-state index is 13.9. The van der Waals surface area contributed by atoms with Gasteiger partial charge in [-0.15, -0.1) is 0 Å². The Hall–Kier alpha value is -4.84. The van der Waals surface area contributed by atoms with Crippen molar-refractivity contribution in [1.29, 1.82) is 0 Å². The van der Waals surface area contributed by atoms with Crippen LogP contribution in [0.3, 0.4) is 0 Å². The molecule has 0 unspecified atom stereocenters. The fraction of sp³-hybridized carbons (Fsp3) is 0. The molecule has 6 N–H and O–H groups in total. The lowest BCUT2D eigenvalue weighted by atomic mass is 9.96. The first-order valence-corrected chi connectivity index (χ1v) is 15.0. The fourth-order valence-corrected chi connectivity index (χ4v) is 7.06. The molecule has 14 nitrogen and oxygen atoms in total. The second kappa shape index (κ2) is 7.91. The zero-order valence-corrected chi connectivity index (χ0v) is 22.7. The van der Waals surface area contributed by atoms with Crippen molar-refractivity contribution < 1.29 is 37.2 Å². The molecule has 16 heteroatoms. The molecule has 0 aliphatic rings. The maximum absolute atomic E-state index is 13.9. The van der Waals surface area contributed by atoms with E-state index in [0.29, 0.717) is 43.4 Å². The number of aromatic nitrogens is 4. The summed E-state index contributed by atoms with van der Waals surface area (Å²) in [6.45, 7) is 0. The quantitative estimate of drug-likeness (QED) is 0.204. The lowest BCUT2D eigenvalue weighted by Gasteiger charge is -2.12. The van der Waals surface area contributed by atoms with Crippen LogP contribution in [0.1, 0.15) is 0 Å². The molecule has 0 saturated heterocycles. The first-order chi connectivity index (χ1) is 20.1. The highest BCUT2D eigenvalue weighted by Gasteiger charge is 2.25. The second-order valence-corrected chi connectivity index (χ2v) is 12.9. The Labute approximate surface area is 232 Å². The van der Waals surface area contributed by atoms with E-state index in [2.05, 4.69) is 30.3 Å².